The van der Waals surface area contributed by atoms with Crippen molar-refractivity contribution in [2.45, 2.75) is 23.1 Å². The Kier molecular flexibility index (Phi) is 5.74. The first kappa shape index (κ1) is 19.3. The van der Waals surface area contributed by atoms with Crippen LogP contribution in [0.25, 0.3) is 0 Å². The highest BCUT2D eigenvalue weighted by Crippen LogP contribution is 2.28. The van der Waals surface area contributed by atoms with Gasteiger partial charge in [0.1, 0.15) is 4.21 Å². The zero-order chi connectivity index (χ0) is 19.4. The third kappa shape index (κ3) is 4.63. The summed E-state index contributed by atoms with van der Waals surface area (Å²) >= 11 is 0.939. The van der Waals surface area contributed by atoms with E-state index in [1.165, 1.54) is 11.4 Å². The molecule has 1 aromatic heterocycles. The largest absolute Gasteiger partial charge is 0.349 e. The van der Waals surface area contributed by atoms with Crippen LogP contribution in [0.15, 0.2) is 76.3 Å². The van der Waals surface area contributed by atoms with Gasteiger partial charge in [-0.15, -0.1) is 11.3 Å². The van der Waals surface area contributed by atoms with E-state index in [1.54, 1.807) is 0 Å². The molecule has 3 aromatic rings. The first-order valence-corrected chi connectivity index (χ1v) is 10.8. The highest BCUT2D eigenvalue weighted by molar-refractivity contribution is 7.91. The number of amides is 1. The van der Waals surface area contributed by atoms with Gasteiger partial charge in [0.2, 0.25) is 10.0 Å². The molecule has 27 heavy (non-hydrogen) atoms. The molecule has 1 heterocycles. The van der Waals surface area contributed by atoms with Gasteiger partial charge in [-0.3, -0.25) is 4.79 Å². The second-order valence-corrected chi connectivity index (χ2v) is 8.96. The molecule has 0 aliphatic rings. The number of sulfonamides is 1. The average molecular weight is 401 g/mol. The van der Waals surface area contributed by atoms with Crippen molar-refractivity contribution in [1.82, 2.24) is 5.32 Å². The van der Waals surface area contributed by atoms with Gasteiger partial charge in [0.05, 0.1) is 5.56 Å². The van der Waals surface area contributed by atoms with Crippen LogP contribution in [0.3, 0.4) is 0 Å². The van der Waals surface area contributed by atoms with E-state index in [2.05, 4.69) is 5.32 Å². The molecule has 3 N–H and O–H groups in total. The van der Waals surface area contributed by atoms with Crippen LogP contribution in [-0.4, -0.2) is 20.4 Å². The maximum Gasteiger partial charge on any atom is 0.252 e. The Labute approximate surface area is 162 Å². The van der Waals surface area contributed by atoms with Crippen LogP contribution >= 0.6 is 11.3 Å². The number of carbonyl (C=O) groups is 1. The van der Waals surface area contributed by atoms with Gasteiger partial charge in [0.15, 0.2) is 0 Å². The van der Waals surface area contributed by atoms with Crippen LogP contribution in [-0.2, 0) is 10.0 Å². The molecule has 1 atom stereocenters. The maximum absolute atomic E-state index is 12.6. The van der Waals surface area contributed by atoms with Gasteiger partial charge in [-0.25, -0.2) is 13.6 Å². The lowest BCUT2D eigenvalue weighted by molar-refractivity contribution is 0.0937. The normalized spacial score (nSPS) is 12.7. The summed E-state index contributed by atoms with van der Waals surface area (Å²) in [6.07, 6.45) is 0. The first-order chi connectivity index (χ1) is 12.9. The minimum Gasteiger partial charge on any atom is -0.349 e. The Bertz CT molecular complexity index is 976. The number of rotatable bonds is 6. The van der Waals surface area contributed by atoms with Crippen molar-refractivity contribution in [2.75, 3.05) is 0 Å². The SMILES string of the molecule is CC(NC(=O)c1csc(S(N)(=O)=O)c1)C(c1ccccc1)c1ccccc1. The number of hydrogen-bond acceptors (Lipinski definition) is 4. The van der Waals surface area contributed by atoms with E-state index in [0.717, 1.165) is 22.5 Å². The zero-order valence-electron chi connectivity index (χ0n) is 14.7. The monoisotopic (exact) mass is 400 g/mol. The number of thiophene rings is 1. The fourth-order valence-electron chi connectivity index (χ4n) is 3.05. The Balaban J connectivity index is 1.86. The highest BCUT2D eigenvalue weighted by atomic mass is 32.2. The van der Waals surface area contributed by atoms with E-state index in [9.17, 15) is 13.2 Å². The quantitative estimate of drug-likeness (QED) is 0.665. The molecule has 0 bridgehead atoms. The average Bonchev–Trinajstić information content (AvgIpc) is 3.14. The van der Waals surface area contributed by atoms with Crippen LogP contribution < -0.4 is 10.5 Å². The Morgan fingerprint density at radius 3 is 1.96 bits per heavy atom. The van der Waals surface area contributed by atoms with Crippen LogP contribution in [0.4, 0.5) is 0 Å². The summed E-state index contributed by atoms with van der Waals surface area (Å²) in [5.41, 5.74) is 2.47. The third-order valence-corrected chi connectivity index (χ3v) is 6.68. The smallest absolute Gasteiger partial charge is 0.252 e. The molecule has 0 aliphatic heterocycles. The second-order valence-electron chi connectivity index (χ2n) is 6.26. The fraction of sp³-hybridized carbons (Fsp3) is 0.150. The summed E-state index contributed by atoms with van der Waals surface area (Å²) in [6, 6.07) is 21.0. The van der Waals surface area contributed by atoms with Crippen molar-refractivity contribution in [3.05, 3.63) is 88.8 Å². The van der Waals surface area contributed by atoms with E-state index in [4.69, 9.17) is 5.14 Å². The van der Waals surface area contributed by atoms with Gasteiger partial charge >= 0.3 is 0 Å². The maximum atomic E-state index is 12.6. The third-order valence-electron chi connectivity index (χ3n) is 4.29. The number of primary sulfonamides is 1. The fourth-order valence-corrected chi connectivity index (χ4v) is 4.63. The van der Waals surface area contributed by atoms with E-state index >= 15 is 0 Å². The molecule has 0 aliphatic carbocycles. The Morgan fingerprint density at radius 1 is 1.00 bits per heavy atom. The molecule has 0 saturated heterocycles. The second kappa shape index (κ2) is 8.04. The summed E-state index contributed by atoms with van der Waals surface area (Å²) < 4.78 is 22.8. The highest BCUT2D eigenvalue weighted by Gasteiger charge is 2.24. The van der Waals surface area contributed by atoms with E-state index in [0.29, 0.717) is 0 Å². The molecule has 0 spiro atoms. The molecular formula is C20H20N2O3S2. The molecule has 1 unspecified atom stereocenters. The minimum absolute atomic E-state index is 0.0250. The van der Waals surface area contributed by atoms with E-state index in [-0.39, 0.29) is 27.6 Å². The number of hydrogen-bond donors (Lipinski definition) is 2. The zero-order valence-corrected chi connectivity index (χ0v) is 16.3. The molecule has 5 nitrogen and oxygen atoms in total. The minimum atomic E-state index is -3.81. The van der Waals surface area contributed by atoms with Crippen molar-refractivity contribution < 1.29 is 13.2 Å². The molecule has 140 valence electrons. The Hall–Kier alpha value is -2.48. The lowest BCUT2D eigenvalue weighted by Crippen LogP contribution is -2.37. The predicted molar refractivity (Wildman–Crippen MR) is 107 cm³/mol. The van der Waals surface area contributed by atoms with E-state index < -0.39 is 10.0 Å². The number of carbonyl (C=O) groups excluding carboxylic acids is 1. The molecule has 0 saturated carbocycles. The molecule has 1 amide bonds. The van der Waals surface area contributed by atoms with Crippen molar-refractivity contribution >= 4 is 27.3 Å². The van der Waals surface area contributed by atoms with Crippen LogP contribution in [0.2, 0.25) is 0 Å². The molecule has 3 rings (SSSR count). The van der Waals surface area contributed by atoms with E-state index in [1.807, 2.05) is 67.6 Å². The topological polar surface area (TPSA) is 89.3 Å². The molecule has 7 heteroatoms. The molecule has 2 aromatic carbocycles. The van der Waals surface area contributed by atoms with Gasteiger partial charge < -0.3 is 5.32 Å². The van der Waals surface area contributed by atoms with Crippen molar-refractivity contribution in [1.29, 1.82) is 0 Å². The van der Waals surface area contributed by atoms with Crippen LogP contribution in [0.5, 0.6) is 0 Å². The van der Waals surface area contributed by atoms with Crippen molar-refractivity contribution in [3.63, 3.8) is 0 Å². The number of nitrogens with one attached hydrogen (secondary N) is 1. The predicted octanol–water partition coefficient (Wildman–Crippen LogP) is 3.35. The summed E-state index contributed by atoms with van der Waals surface area (Å²) in [5, 5.41) is 9.61. The lowest BCUT2D eigenvalue weighted by Gasteiger charge is -2.26. The summed E-state index contributed by atoms with van der Waals surface area (Å²) in [7, 11) is -3.81. The molecule has 0 radical (unpaired) electrons. The van der Waals surface area contributed by atoms with Gasteiger partial charge in [-0.1, -0.05) is 60.7 Å². The lowest BCUT2D eigenvalue weighted by atomic mass is 9.85. The number of nitrogens with two attached hydrogens (primary N) is 1. The standard InChI is InChI=1S/C20H20N2O3S2/c1-14(22-20(23)17-12-18(26-13-17)27(21,24)25)19(15-8-4-2-5-9-15)16-10-6-3-7-11-16/h2-14,19H,1H3,(H,22,23)(H2,21,24,25). The molecular weight excluding hydrogens is 380 g/mol. The van der Waals surface area contributed by atoms with Gasteiger partial charge in [0, 0.05) is 17.3 Å². The summed E-state index contributed by atoms with van der Waals surface area (Å²) in [6.45, 7) is 1.94. The molecule has 0 fully saturated rings. The van der Waals surface area contributed by atoms with Crippen LogP contribution in [0, 0.1) is 0 Å². The number of benzene rings is 2. The Morgan fingerprint density at radius 2 is 1.52 bits per heavy atom. The summed E-state index contributed by atoms with van der Waals surface area (Å²) in [5.74, 6) is -0.363. The summed E-state index contributed by atoms with van der Waals surface area (Å²) in [4.78, 5) is 12.6. The van der Waals surface area contributed by atoms with Gasteiger partial charge in [-0.05, 0) is 24.1 Å². The van der Waals surface area contributed by atoms with Gasteiger partial charge in [0.25, 0.3) is 5.91 Å². The van der Waals surface area contributed by atoms with Crippen molar-refractivity contribution in [3.8, 4) is 0 Å². The van der Waals surface area contributed by atoms with Crippen molar-refractivity contribution in [2.24, 2.45) is 5.14 Å². The van der Waals surface area contributed by atoms with Gasteiger partial charge in [-0.2, -0.15) is 0 Å². The first-order valence-electron chi connectivity index (χ1n) is 8.38. The van der Waals surface area contributed by atoms with Crippen LogP contribution in [0.1, 0.15) is 34.3 Å².